The Balaban J connectivity index is 0.00000153. The van der Waals surface area contributed by atoms with Crippen molar-refractivity contribution in [2.24, 2.45) is 0 Å². The third-order valence-electron chi connectivity index (χ3n) is 9.27. The molecule has 0 spiro atoms. The van der Waals surface area contributed by atoms with Crippen LogP contribution in [0.1, 0.15) is 13.8 Å². The van der Waals surface area contributed by atoms with Gasteiger partial charge in [0.05, 0.1) is 5.52 Å². The fourth-order valence-corrected chi connectivity index (χ4v) is 7.42. The highest BCUT2D eigenvalue weighted by Gasteiger charge is 2.36. The topological polar surface area (TPSA) is 4.93 Å². The van der Waals surface area contributed by atoms with E-state index in [1.165, 1.54) is 77.3 Å². The van der Waals surface area contributed by atoms with E-state index in [0.29, 0.717) is 0 Å². The third-order valence-corrected chi connectivity index (χ3v) is 9.27. The van der Waals surface area contributed by atoms with Gasteiger partial charge in [-0.1, -0.05) is 165 Å². The third kappa shape index (κ3) is 4.41. The second kappa shape index (κ2) is 11.7. The second-order valence-electron chi connectivity index (χ2n) is 11.7. The molecule has 218 valence electrons. The van der Waals surface area contributed by atoms with Gasteiger partial charge >= 0.3 is 0 Å². The molecule has 0 fully saturated rings. The minimum Gasteiger partial charge on any atom is -0.310 e. The van der Waals surface area contributed by atoms with Crippen molar-refractivity contribution in [3.8, 4) is 39.1 Å². The van der Waals surface area contributed by atoms with Crippen LogP contribution in [0.3, 0.4) is 0 Å². The summed E-state index contributed by atoms with van der Waals surface area (Å²) in [5, 5.41) is 2.60. The highest BCUT2D eigenvalue weighted by Crippen LogP contribution is 2.36. The molecule has 0 radical (unpaired) electrons. The minimum absolute atomic E-state index is 0.0435. The summed E-state index contributed by atoms with van der Waals surface area (Å²) in [6.07, 6.45) is 0. The van der Waals surface area contributed by atoms with E-state index in [4.69, 9.17) is 0 Å². The molecule has 9 rings (SSSR count). The Bertz CT molecular complexity index is 2260. The van der Waals surface area contributed by atoms with Gasteiger partial charge in [0, 0.05) is 22.0 Å². The molecule has 2 heteroatoms. The Morgan fingerprint density at radius 1 is 0.413 bits per heavy atom. The van der Waals surface area contributed by atoms with E-state index in [9.17, 15) is 0 Å². The summed E-state index contributed by atoms with van der Waals surface area (Å²) in [4.78, 5) is 0. The molecule has 0 saturated carbocycles. The number of hydrogen-bond acceptors (Lipinski definition) is 0. The van der Waals surface area contributed by atoms with Crippen LogP contribution in [0.5, 0.6) is 0 Å². The first-order valence-corrected chi connectivity index (χ1v) is 16.3. The average molecular weight is 588 g/mol. The van der Waals surface area contributed by atoms with E-state index in [-0.39, 0.29) is 6.71 Å². The van der Waals surface area contributed by atoms with Crippen LogP contribution in [-0.2, 0) is 0 Å². The molecule has 0 N–H and O–H groups in total. The summed E-state index contributed by atoms with van der Waals surface area (Å²) in [6, 6.07) is 62.2. The zero-order valence-corrected chi connectivity index (χ0v) is 26.2. The molecule has 1 aliphatic heterocycles. The molecular formula is C44H34BN. The van der Waals surface area contributed by atoms with E-state index in [1.807, 2.05) is 13.8 Å². The number of para-hydroxylation sites is 3. The van der Waals surface area contributed by atoms with Crippen molar-refractivity contribution in [1.82, 2.24) is 4.57 Å². The fourth-order valence-electron chi connectivity index (χ4n) is 7.42. The molecule has 8 aromatic rings. The van der Waals surface area contributed by atoms with E-state index in [0.717, 1.165) is 0 Å². The number of hydrogen-bond donors (Lipinski definition) is 0. The average Bonchev–Trinajstić information content (AvgIpc) is 3.49. The van der Waals surface area contributed by atoms with Crippen molar-refractivity contribution in [2.45, 2.75) is 13.8 Å². The summed E-state index contributed by atoms with van der Waals surface area (Å²) in [6.45, 7) is 4.04. The van der Waals surface area contributed by atoms with Crippen molar-refractivity contribution in [1.29, 1.82) is 0 Å². The minimum atomic E-state index is 0.0435. The van der Waals surface area contributed by atoms with Crippen molar-refractivity contribution in [3.63, 3.8) is 0 Å². The van der Waals surface area contributed by atoms with Gasteiger partial charge in [-0.2, -0.15) is 0 Å². The predicted octanol–water partition coefficient (Wildman–Crippen LogP) is 9.64. The SMILES string of the molecule is CC.c1ccc(-c2cc(-c3ccccc3)c(B3c4ccccc4-n4c5ccccc5c5cccc3c54)c(-c3ccccc3)c2)cc1. The maximum Gasteiger partial charge on any atom is 0.248 e. The van der Waals surface area contributed by atoms with Crippen LogP contribution in [-0.4, -0.2) is 11.3 Å². The van der Waals surface area contributed by atoms with E-state index in [2.05, 4.69) is 174 Å². The second-order valence-corrected chi connectivity index (χ2v) is 11.7. The predicted molar refractivity (Wildman–Crippen MR) is 200 cm³/mol. The number of aromatic nitrogens is 1. The maximum absolute atomic E-state index is 2.49. The lowest BCUT2D eigenvalue weighted by Gasteiger charge is -2.30. The molecule has 46 heavy (non-hydrogen) atoms. The Hall–Kier alpha value is -5.60. The number of rotatable bonds is 4. The summed E-state index contributed by atoms with van der Waals surface area (Å²) in [5.41, 5.74) is 15.3. The van der Waals surface area contributed by atoms with Gasteiger partial charge in [0.1, 0.15) is 0 Å². The zero-order valence-electron chi connectivity index (χ0n) is 26.2. The van der Waals surface area contributed by atoms with E-state index in [1.54, 1.807) is 0 Å². The lowest BCUT2D eigenvalue weighted by Crippen LogP contribution is -2.57. The van der Waals surface area contributed by atoms with E-state index < -0.39 is 0 Å². The molecule has 2 heterocycles. The van der Waals surface area contributed by atoms with Gasteiger partial charge in [-0.05, 0) is 68.6 Å². The van der Waals surface area contributed by atoms with Crippen molar-refractivity contribution >= 4 is 44.9 Å². The van der Waals surface area contributed by atoms with Crippen LogP contribution in [0.2, 0.25) is 0 Å². The molecule has 1 nitrogen and oxygen atoms in total. The first kappa shape index (κ1) is 27.9. The van der Waals surface area contributed by atoms with Crippen LogP contribution in [0.4, 0.5) is 0 Å². The summed E-state index contributed by atoms with van der Waals surface area (Å²) >= 11 is 0. The van der Waals surface area contributed by atoms with Gasteiger partial charge in [-0.3, -0.25) is 0 Å². The quantitative estimate of drug-likeness (QED) is 0.181. The normalized spacial score (nSPS) is 11.7. The van der Waals surface area contributed by atoms with Gasteiger partial charge in [0.25, 0.3) is 0 Å². The summed E-state index contributed by atoms with van der Waals surface area (Å²) in [5.74, 6) is 0. The molecule has 0 aliphatic carbocycles. The lowest BCUT2D eigenvalue weighted by atomic mass is 9.33. The largest absolute Gasteiger partial charge is 0.310 e. The number of fused-ring (bicyclic) bond motifs is 5. The van der Waals surface area contributed by atoms with Crippen LogP contribution in [0.15, 0.2) is 170 Å². The van der Waals surface area contributed by atoms with Crippen LogP contribution in [0, 0.1) is 0 Å². The van der Waals surface area contributed by atoms with Gasteiger partial charge in [-0.15, -0.1) is 0 Å². The Morgan fingerprint density at radius 2 is 0.913 bits per heavy atom. The van der Waals surface area contributed by atoms with Gasteiger partial charge < -0.3 is 4.57 Å². The van der Waals surface area contributed by atoms with Crippen LogP contribution < -0.4 is 16.4 Å². The highest BCUT2D eigenvalue weighted by atomic mass is 15.0. The Kier molecular flexibility index (Phi) is 7.12. The fraction of sp³-hybridized carbons (Fsp3) is 0.0455. The highest BCUT2D eigenvalue weighted by molar-refractivity contribution is 6.99. The van der Waals surface area contributed by atoms with Crippen LogP contribution >= 0.6 is 0 Å². The molecule has 0 saturated heterocycles. The zero-order chi connectivity index (χ0) is 31.0. The molecule has 0 bridgehead atoms. The summed E-state index contributed by atoms with van der Waals surface area (Å²) in [7, 11) is 0. The molecule has 0 atom stereocenters. The number of benzene rings is 7. The van der Waals surface area contributed by atoms with Crippen molar-refractivity contribution in [2.75, 3.05) is 0 Å². The standard InChI is InChI=1S/C42H28BN.C2H6/c1-4-15-29(16-5-1)32-27-35(30-17-6-2-7-18-30)41(36(28-32)31-19-8-3-9-20-31)43-37-23-11-13-26-40(37)44-39-25-12-10-21-33(39)34-22-14-24-38(43)42(34)44;1-2/h1-28H;1-2H3. The van der Waals surface area contributed by atoms with Gasteiger partial charge in [-0.25, -0.2) is 0 Å². The first-order chi connectivity index (χ1) is 22.9. The smallest absolute Gasteiger partial charge is 0.248 e. The Labute approximate surface area is 271 Å². The molecule has 0 unspecified atom stereocenters. The Morgan fingerprint density at radius 3 is 1.57 bits per heavy atom. The van der Waals surface area contributed by atoms with Gasteiger partial charge in [0.2, 0.25) is 6.71 Å². The van der Waals surface area contributed by atoms with Gasteiger partial charge in [0.15, 0.2) is 0 Å². The molecule has 7 aromatic carbocycles. The molecule has 1 aromatic heterocycles. The monoisotopic (exact) mass is 587 g/mol. The van der Waals surface area contributed by atoms with E-state index >= 15 is 0 Å². The van der Waals surface area contributed by atoms with Crippen molar-refractivity contribution in [3.05, 3.63) is 170 Å². The summed E-state index contributed by atoms with van der Waals surface area (Å²) < 4.78 is 2.49. The molecular weight excluding hydrogens is 553 g/mol. The number of nitrogens with zero attached hydrogens (tertiary/aromatic N) is 1. The van der Waals surface area contributed by atoms with Crippen molar-refractivity contribution < 1.29 is 0 Å². The molecule has 0 amide bonds. The maximum atomic E-state index is 2.49. The molecule has 1 aliphatic rings. The first-order valence-electron chi connectivity index (χ1n) is 16.3. The lowest BCUT2D eigenvalue weighted by molar-refractivity contribution is 1.19. The van der Waals surface area contributed by atoms with Crippen LogP contribution in [0.25, 0.3) is 60.9 Å².